The van der Waals surface area contributed by atoms with Crippen LogP contribution in [0.25, 0.3) is 10.9 Å². The van der Waals surface area contributed by atoms with E-state index in [1.165, 1.54) is 0 Å². The molecule has 0 fully saturated rings. The number of nitrogens with zero attached hydrogens (tertiary/aromatic N) is 1. The molecule has 7 nitrogen and oxygen atoms in total. The number of hydrogen-bond acceptors (Lipinski definition) is 6. The van der Waals surface area contributed by atoms with E-state index in [1.54, 1.807) is 30.6 Å². The number of benzene rings is 2. The molecule has 10 heteroatoms. The van der Waals surface area contributed by atoms with Gasteiger partial charge in [0.1, 0.15) is 11.6 Å². The summed E-state index contributed by atoms with van der Waals surface area (Å²) in [7, 11) is 0. The maximum absolute atomic E-state index is 12.6. The Kier molecular flexibility index (Phi) is 8.30. The second kappa shape index (κ2) is 11.8. The summed E-state index contributed by atoms with van der Waals surface area (Å²) in [5, 5.41) is 3.99. The number of aromatic nitrogens is 2. The molecule has 38 heavy (non-hydrogen) atoms. The average Bonchev–Trinajstić information content (AvgIpc) is 3.30. The van der Waals surface area contributed by atoms with Gasteiger partial charge in [-0.05, 0) is 48.7 Å². The van der Waals surface area contributed by atoms with Crippen molar-refractivity contribution in [3.8, 4) is 5.75 Å². The van der Waals surface area contributed by atoms with Crippen molar-refractivity contribution in [2.75, 3.05) is 18.5 Å². The monoisotopic (exact) mass is 525 g/mol. The van der Waals surface area contributed by atoms with Gasteiger partial charge in [-0.3, -0.25) is 4.79 Å². The predicted octanol–water partition coefficient (Wildman–Crippen LogP) is 5.91. The van der Waals surface area contributed by atoms with Gasteiger partial charge in [-0.2, -0.15) is 13.2 Å². The Morgan fingerprint density at radius 1 is 1.08 bits per heavy atom. The highest BCUT2D eigenvalue weighted by atomic mass is 19.4. The van der Waals surface area contributed by atoms with Crippen LogP contribution in [0.4, 0.5) is 19.0 Å². The lowest BCUT2D eigenvalue weighted by molar-refractivity contribution is -0.201. The van der Waals surface area contributed by atoms with E-state index in [2.05, 4.69) is 20.0 Å². The molecule has 0 radical (unpaired) electrons. The number of ether oxygens (including phenoxy) is 2. The number of rotatable bonds is 10. The average molecular weight is 526 g/mol. The third kappa shape index (κ3) is 6.90. The minimum atomic E-state index is -5.25. The van der Waals surface area contributed by atoms with Gasteiger partial charge in [0.25, 0.3) is 0 Å². The van der Waals surface area contributed by atoms with Crippen LogP contribution < -0.4 is 10.1 Å². The van der Waals surface area contributed by atoms with Gasteiger partial charge in [0.2, 0.25) is 0 Å². The molecule has 4 aromatic rings. The van der Waals surface area contributed by atoms with E-state index in [1.807, 2.05) is 49.4 Å². The summed E-state index contributed by atoms with van der Waals surface area (Å²) in [5.41, 5.74) is 3.05. The fourth-order valence-corrected chi connectivity index (χ4v) is 4.12. The minimum absolute atomic E-state index is 0.445. The van der Waals surface area contributed by atoms with Gasteiger partial charge in [0, 0.05) is 41.8 Å². The maximum Gasteiger partial charge on any atom is 0.491 e. The second-order valence-corrected chi connectivity index (χ2v) is 8.73. The van der Waals surface area contributed by atoms with Crippen LogP contribution in [-0.2, 0) is 14.3 Å². The van der Waals surface area contributed by atoms with E-state index in [-0.39, 0.29) is 0 Å². The lowest BCUT2D eigenvalue weighted by atomic mass is 9.87. The molecule has 0 saturated heterocycles. The molecule has 0 bridgehead atoms. The number of pyridine rings is 1. The first-order valence-corrected chi connectivity index (χ1v) is 12.0. The SMILES string of the molecule is Cc1cccc(C(CC(=O)OC(=O)C(F)(F)F)c2c[nH]c3cc(OCCCNc4ccccn4)ccc23)c1. The van der Waals surface area contributed by atoms with Crippen LogP contribution in [0.15, 0.2) is 73.1 Å². The molecular weight excluding hydrogens is 499 g/mol. The highest BCUT2D eigenvalue weighted by molar-refractivity contribution is 5.90. The van der Waals surface area contributed by atoms with E-state index in [0.717, 1.165) is 28.7 Å². The molecule has 0 aliphatic carbocycles. The molecular formula is C28H26F3N3O4. The Hall–Kier alpha value is -4.34. The van der Waals surface area contributed by atoms with Crippen LogP contribution in [0.3, 0.4) is 0 Å². The van der Waals surface area contributed by atoms with Crippen molar-refractivity contribution in [3.05, 3.63) is 89.7 Å². The third-order valence-electron chi connectivity index (χ3n) is 5.87. The van der Waals surface area contributed by atoms with Gasteiger partial charge in [-0.25, -0.2) is 9.78 Å². The zero-order valence-electron chi connectivity index (χ0n) is 20.5. The first-order valence-electron chi connectivity index (χ1n) is 12.0. The summed E-state index contributed by atoms with van der Waals surface area (Å²) in [6.07, 6.45) is -1.52. The molecule has 2 N–H and O–H groups in total. The van der Waals surface area contributed by atoms with Gasteiger partial charge in [-0.1, -0.05) is 35.9 Å². The number of anilines is 1. The summed E-state index contributed by atoms with van der Waals surface area (Å²) in [6.45, 7) is 3.04. The second-order valence-electron chi connectivity index (χ2n) is 8.73. The Bertz CT molecular complexity index is 1400. The molecule has 2 heterocycles. The topological polar surface area (TPSA) is 93.3 Å². The van der Waals surface area contributed by atoms with Gasteiger partial charge in [-0.15, -0.1) is 0 Å². The number of carbonyl (C=O) groups is 2. The highest BCUT2D eigenvalue weighted by Crippen LogP contribution is 2.35. The van der Waals surface area contributed by atoms with Crippen LogP contribution in [0.5, 0.6) is 5.75 Å². The van der Waals surface area contributed by atoms with E-state index >= 15 is 0 Å². The Labute approximate surface area is 217 Å². The standard InChI is InChI=1S/C28H26F3N3O4/c1-18-6-4-7-19(14-18)22(16-26(35)38-27(36)28(29,30)31)23-17-34-24-15-20(9-10-21(23)24)37-13-5-12-33-25-8-2-3-11-32-25/h2-4,6-11,14-15,17,22,34H,5,12-13,16H2,1H3,(H,32,33). The molecule has 1 atom stereocenters. The summed E-state index contributed by atoms with van der Waals surface area (Å²) < 4.78 is 47.7. The van der Waals surface area contributed by atoms with Crippen molar-refractivity contribution in [1.29, 1.82) is 0 Å². The fraction of sp³-hybridized carbons (Fsp3) is 0.250. The highest BCUT2D eigenvalue weighted by Gasteiger charge is 2.42. The Morgan fingerprint density at radius 2 is 1.92 bits per heavy atom. The number of esters is 2. The van der Waals surface area contributed by atoms with Crippen LogP contribution in [0.1, 0.15) is 35.4 Å². The number of nitrogens with one attached hydrogen (secondary N) is 2. The summed E-state index contributed by atoms with van der Waals surface area (Å²) in [6, 6.07) is 18.4. The van der Waals surface area contributed by atoms with E-state index in [4.69, 9.17) is 4.74 Å². The summed E-state index contributed by atoms with van der Waals surface area (Å²) >= 11 is 0. The number of carbonyl (C=O) groups excluding carboxylic acids is 2. The minimum Gasteiger partial charge on any atom is -0.493 e. The maximum atomic E-state index is 12.6. The molecule has 0 amide bonds. The number of hydrogen-bond donors (Lipinski definition) is 2. The zero-order valence-corrected chi connectivity index (χ0v) is 20.5. The van der Waals surface area contributed by atoms with Crippen molar-refractivity contribution < 1.29 is 32.2 Å². The quantitative estimate of drug-likeness (QED) is 0.152. The van der Waals surface area contributed by atoms with E-state index in [0.29, 0.717) is 30.0 Å². The predicted molar refractivity (Wildman–Crippen MR) is 136 cm³/mol. The molecule has 4 rings (SSSR count). The number of H-pyrrole nitrogens is 1. The van der Waals surface area contributed by atoms with Crippen molar-refractivity contribution in [2.24, 2.45) is 0 Å². The van der Waals surface area contributed by atoms with Crippen LogP contribution >= 0.6 is 0 Å². The van der Waals surface area contributed by atoms with E-state index < -0.39 is 30.5 Å². The van der Waals surface area contributed by atoms with Crippen molar-refractivity contribution >= 4 is 28.7 Å². The third-order valence-corrected chi connectivity index (χ3v) is 5.87. The normalized spacial score (nSPS) is 12.2. The molecule has 1 unspecified atom stereocenters. The summed E-state index contributed by atoms with van der Waals surface area (Å²) in [5.74, 6) is -2.98. The zero-order chi connectivity index (χ0) is 27.1. The van der Waals surface area contributed by atoms with Gasteiger partial charge in [0.05, 0.1) is 13.0 Å². The molecule has 2 aromatic heterocycles. The van der Waals surface area contributed by atoms with Crippen LogP contribution in [-0.4, -0.2) is 41.2 Å². The first kappa shape index (κ1) is 26.7. The number of halogens is 3. The van der Waals surface area contributed by atoms with Gasteiger partial charge >= 0.3 is 18.1 Å². The Balaban J connectivity index is 1.47. The molecule has 0 aliphatic heterocycles. The number of alkyl halides is 3. The Morgan fingerprint density at radius 3 is 2.66 bits per heavy atom. The molecule has 0 aliphatic rings. The lowest BCUT2D eigenvalue weighted by Gasteiger charge is -2.17. The van der Waals surface area contributed by atoms with Crippen LogP contribution in [0.2, 0.25) is 0 Å². The van der Waals surface area contributed by atoms with E-state index in [9.17, 15) is 22.8 Å². The molecule has 198 valence electrons. The molecule has 0 spiro atoms. The lowest BCUT2D eigenvalue weighted by Crippen LogP contribution is -2.28. The van der Waals surface area contributed by atoms with Crippen molar-refractivity contribution in [2.45, 2.75) is 31.9 Å². The van der Waals surface area contributed by atoms with Crippen molar-refractivity contribution in [1.82, 2.24) is 9.97 Å². The number of fused-ring (bicyclic) bond motifs is 1. The van der Waals surface area contributed by atoms with Crippen LogP contribution in [0, 0.1) is 6.92 Å². The fourth-order valence-electron chi connectivity index (χ4n) is 4.12. The smallest absolute Gasteiger partial charge is 0.491 e. The number of aryl methyl sites for hydroxylation is 1. The largest absolute Gasteiger partial charge is 0.493 e. The van der Waals surface area contributed by atoms with Crippen molar-refractivity contribution in [3.63, 3.8) is 0 Å². The molecule has 0 saturated carbocycles. The first-order chi connectivity index (χ1) is 18.2. The molecule has 2 aromatic carbocycles. The van der Waals surface area contributed by atoms with Gasteiger partial charge < -0.3 is 19.8 Å². The van der Waals surface area contributed by atoms with Gasteiger partial charge in [0.15, 0.2) is 0 Å². The number of aromatic amines is 1. The summed E-state index contributed by atoms with van der Waals surface area (Å²) in [4.78, 5) is 30.9.